The second kappa shape index (κ2) is 10.5. The number of ether oxygens (including phenoxy) is 1. The van der Waals surface area contributed by atoms with Crippen LogP contribution in [-0.2, 0) is 19.6 Å². The van der Waals surface area contributed by atoms with Crippen LogP contribution in [0.5, 0.6) is 0 Å². The van der Waals surface area contributed by atoms with E-state index in [1.54, 1.807) is 40.9 Å². The Balaban J connectivity index is 2.01. The number of carbonyl (C=O) groups is 2. The Kier molecular flexibility index (Phi) is 8.57. The van der Waals surface area contributed by atoms with E-state index in [0.29, 0.717) is 44.1 Å². The lowest BCUT2D eigenvalue weighted by Crippen LogP contribution is -2.41. The van der Waals surface area contributed by atoms with E-state index in [1.165, 1.54) is 0 Å². The Hall–Kier alpha value is -1.78. The van der Waals surface area contributed by atoms with Crippen LogP contribution in [0.2, 0.25) is 0 Å². The van der Waals surface area contributed by atoms with Crippen LogP contribution in [0.3, 0.4) is 0 Å². The fraction of sp³-hybridized carbons (Fsp3) is 0.600. The molecule has 1 aliphatic heterocycles. The van der Waals surface area contributed by atoms with Gasteiger partial charge in [0.05, 0.1) is 25.2 Å². The Morgan fingerprint density at radius 1 is 1.17 bits per heavy atom. The maximum Gasteiger partial charge on any atom is 0.254 e. The maximum absolute atomic E-state index is 12.5. The van der Waals surface area contributed by atoms with Gasteiger partial charge >= 0.3 is 0 Å². The molecule has 10 heteroatoms. The first-order chi connectivity index (χ1) is 14.0. The predicted octanol–water partition coefficient (Wildman–Crippen LogP) is 1.57. The van der Waals surface area contributed by atoms with Crippen LogP contribution in [0.25, 0.3) is 0 Å². The lowest BCUT2D eigenvalue weighted by Gasteiger charge is -2.27. The summed E-state index contributed by atoms with van der Waals surface area (Å²) in [4.78, 5) is 26.5. The minimum absolute atomic E-state index is 0.101. The molecule has 0 radical (unpaired) electrons. The molecule has 1 saturated heterocycles. The van der Waals surface area contributed by atoms with Crippen LogP contribution in [0.15, 0.2) is 24.3 Å². The van der Waals surface area contributed by atoms with Crippen molar-refractivity contribution in [1.82, 2.24) is 10.2 Å². The molecule has 0 aromatic heterocycles. The fourth-order valence-electron chi connectivity index (χ4n) is 2.85. The molecule has 1 aromatic rings. The van der Waals surface area contributed by atoms with Crippen molar-refractivity contribution in [3.63, 3.8) is 0 Å². The van der Waals surface area contributed by atoms with Crippen molar-refractivity contribution in [3.8, 4) is 0 Å². The van der Waals surface area contributed by atoms with Crippen molar-refractivity contribution in [2.45, 2.75) is 25.5 Å². The standard InChI is InChI=1S/C20H31N3O5S2/c1-20(2,3)29-14-9-21-18(24)15-23(30(4,26)27)17-7-5-16(6-8-17)19(25)22-10-12-28-13-11-22/h5-8H,9-15H2,1-4H3,(H,21,24). The van der Waals surface area contributed by atoms with E-state index in [2.05, 4.69) is 26.1 Å². The molecule has 1 aliphatic rings. The molecule has 168 valence electrons. The third-order valence-corrected chi connectivity index (χ3v) is 6.76. The van der Waals surface area contributed by atoms with Crippen molar-refractivity contribution in [1.29, 1.82) is 0 Å². The molecule has 1 heterocycles. The number of sulfonamides is 1. The maximum atomic E-state index is 12.5. The highest BCUT2D eigenvalue weighted by atomic mass is 32.2. The van der Waals surface area contributed by atoms with Crippen molar-refractivity contribution in [3.05, 3.63) is 29.8 Å². The lowest BCUT2D eigenvalue weighted by atomic mass is 10.1. The zero-order valence-electron chi connectivity index (χ0n) is 18.0. The first-order valence-electron chi connectivity index (χ1n) is 9.83. The van der Waals surface area contributed by atoms with Gasteiger partial charge in [0.1, 0.15) is 6.54 Å². The number of hydrogen-bond donors (Lipinski definition) is 1. The van der Waals surface area contributed by atoms with Gasteiger partial charge in [-0.1, -0.05) is 20.8 Å². The molecule has 0 aliphatic carbocycles. The van der Waals surface area contributed by atoms with Gasteiger partial charge in [0.25, 0.3) is 5.91 Å². The van der Waals surface area contributed by atoms with Gasteiger partial charge in [0.2, 0.25) is 15.9 Å². The zero-order chi connectivity index (χ0) is 22.4. The first-order valence-corrected chi connectivity index (χ1v) is 12.7. The topological polar surface area (TPSA) is 96.0 Å². The van der Waals surface area contributed by atoms with Crippen LogP contribution in [0, 0.1) is 0 Å². The summed E-state index contributed by atoms with van der Waals surface area (Å²) in [6, 6.07) is 6.28. The SMILES string of the molecule is CC(C)(C)SCCNC(=O)CN(c1ccc(C(=O)N2CCOCC2)cc1)S(C)(=O)=O. The molecule has 8 nitrogen and oxygen atoms in total. The second-order valence-corrected chi connectivity index (χ2v) is 11.9. The summed E-state index contributed by atoms with van der Waals surface area (Å²) in [5, 5.41) is 2.76. The van der Waals surface area contributed by atoms with E-state index in [4.69, 9.17) is 4.74 Å². The summed E-state index contributed by atoms with van der Waals surface area (Å²) >= 11 is 1.72. The van der Waals surface area contributed by atoms with Gasteiger partial charge in [-0.2, -0.15) is 11.8 Å². The molecule has 1 aromatic carbocycles. The van der Waals surface area contributed by atoms with E-state index >= 15 is 0 Å². The van der Waals surface area contributed by atoms with Crippen molar-refractivity contribution < 1.29 is 22.7 Å². The van der Waals surface area contributed by atoms with E-state index in [9.17, 15) is 18.0 Å². The molecule has 1 fully saturated rings. The highest BCUT2D eigenvalue weighted by Crippen LogP contribution is 2.22. The van der Waals surface area contributed by atoms with E-state index in [0.717, 1.165) is 16.3 Å². The van der Waals surface area contributed by atoms with Crippen LogP contribution in [-0.4, -0.2) is 81.3 Å². The molecule has 0 spiro atoms. The summed E-state index contributed by atoms with van der Waals surface area (Å²) in [7, 11) is -3.67. The minimum Gasteiger partial charge on any atom is -0.378 e. The van der Waals surface area contributed by atoms with Crippen LogP contribution in [0.4, 0.5) is 5.69 Å². The Morgan fingerprint density at radius 2 is 1.77 bits per heavy atom. The molecule has 0 unspecified atom stereocenters. The average molecular weight is 458 g/mol. The van der Waals surface area contributed by atoms with Gasteiger partial charge in [-0.05, 0) is 24.3 Å². The summed E-state index contributed by atoms with van der Waals surface area (Å²) < 4.78 is 30.9. The molecule has 2 amide bonds. The molecule has 30 heavy (non-hydrogen) atoms. The van der Waals surface area contributed by atoms with Gasteiger partial charge in [-0.3, -0.25) is 13.9 Å². The lowest BCUT2D eigenvalue weighted by molar-refractivity contribution is -0.119. The summed E-state index contributed by atoms with van der Waals surface area (Å²) in [5.41, 5.74) is 0.813. The number of anilines is 1. The van der Waals surface area contributed by atoms with Gasteiger partial charge in [0, 0.05) is 35.7 Å². The Labute approximate surface area is 183 Å². The van der Waals surface area contributed by atoms with E-state index in [-0.39, 0.29) is 23.1 Å². The quantitative estimate of drug-likeness (QED) is 0.596. The highest BCUT2D eigenvalue weighted by Gasteiger charge is 2.23. The van der Waals surface area contributed by atoms with Crippen molar-refractivity contribution in [2.24, 2.45) is 0 Å². The number of carbonyl (C=O) groups excluding carboxylic acids is 2. The predicted molar refractivity (Wildman–Crippen MR) is 121 cm³/mol. The minimum atomic E-state index is -3.67. The van der Waals surface area contributed by atoms with Gasteiger partial charge in [0.15, 0.2) is 0 Å². The summed E-state index contributed by atoms with van der Waals surface area (Å²) in [5.74, 6) is 0.250. The number of thioether (sulfide) groups is 1. The number of nitrogens with zero attached hydrogens (tertiary/aromatic N) is 2. The normalized spacial score (nSPS) is 15.0. The third-order valence-electron chi connectivity index (χ3n) is 4.35. The van der Waals surface area contributed by atoms with E-state index < -0.39 is 10.0 Å². The van der Waals surface area contributed by atoms with E-state index in [1.807, 2.05) is 0 Å². The molecule has 1 N–H and O–H groups in total. The highest BCUT2D eigenvalue weighted by molar-refractivity contribution is 8.00. The third kappa shape index (κ3) is 7.81. The largest absolute Gasteiger partial charge is 0.378 e. The van der Waals surface area contributed by atoms with Crippen molar-refractivity contribution in [2.75, 3.05) is 55.7 Å². The number of morpholine rings is 1. The number of benzene rings is 1. The molecule has 0 atom stereocenters. The smallest absolute Gasteiger partial charge is 0.254 e. The molecule has 0 saturated carbocycles. The summed E-state index contributed by atoms with van der Waals surface area (Å²) in [6.45, 7) is 8.52. The van der Waals surface area contributed by atoms with Crippen LogP contribution in [0.1, 0.15) is 31.1 Å². The number of hydrogen-bond acceptors (Lipinski definition) is 6. The first kappa shape index (κ1) is 24.5. The Bertz CT molecular complexity index is 829. The van der Waals surface area contributed by atoms with Gasteiger partial charge in [-0.25, -0.2) is 8.42 Å². The van der Waals surface area contributed by atoms with Crippen LogP contribution >= 0.6 is 11.8 Å². The average Bonchev–Trinajstić information content (AvgIpc) is 2.68. The van der Waals surface area contributed by atoms with Gasteiger partial charge in [-0.15, -0.1) is 0 Å². The monoisotopic (exact) mass is 457 g/mol. The second-order valence-electron chi connectivity index (χ2n) is 8.03. The number of nitrogens with one attached hydrogen (secondary N) is 1. The van der Waals surface area contributed by atoms with Gasteiger partial charge < -0.3 is 15.0 Å². The Morgan fingerprint density at radius 3 is 2.30 bits per heavy atom. The molecule has 0 bridgehead atoms. The molecular weight excluding hydrogens is 426 g/mol. The van der Waals surface area contributed by atoms with Crippen LogP contribution < -0.4 is 9.62 Å². The molecule has 2 rings (SSSR count). The summed E-state index contributed by atoms with van der Waals surface area (Å²) in [6.07, 6.45) is 1.06. The fourth-order valence-corrected chi connectivity index (χ4v) is 4.53. The zero-order valence-corrected chi connectivity index (χ0v) is 19.6. The number of amides is 2. The molecular formula is C20H31N3O5S2. The number of rotatable bonds is 8. The van der Waals surface area contributed by atoms with Crippen molar-refractivity contribution >= 4 is 39.3 Å².